The van der Waals surface area contributed by atoms with Crippen molar-refractivity contribution in [2.24, 2.45) is 0 Å². The zero-order chi connectivity index (χ0) is 19.3. The first-order valence-corrected chi connectivity index (χ1v) is 9.17. The Morgan fingerprint density at radius 2 is 1.54 bits per heavy atom. The van der Waals surface area contributed by atoms with Crippen molar-refractivity contribution in [1.29, 1.82) is 0 Å². The molecule has 5 nitrogen and oxygen atoms in total. The van der Waals surface area contributed by atoms with Gasteiger partial charge in [0.25, 0.3) is 0 Å². The number of nitrogens with zero attached hydrogens (tertiary/aromatic N) is 1. The summed E-state index contributed by atoms with van der Waals surface area (Å²) in [6, 6.07) is 26.7. The van der Waals surface area contributed by atoms with Crippen LogP contribution in [0.15, 0.2) is 94.1 Å². The summed E-state index contributed by atoms with van der Waals surface area (Å²) in [4.78, 5) is 24.9. The van der Waals surface area contributed by atoms with E-state index in [0.717, 1.165) is 11.1 Å². The van der Waals surface area contributed by atoms with Gasteiger partial charge in [-0.05, 0) is 29.7 Å². The molecule has 1 atom stereocenters. The lowest BCUT2D eigenvalue weighted by Gasteiger charge is -2.19. The molecule has 0 aliphatic rings. The summed E-state index contributed by atoms with van der Waals surface area (Å²) >= 11 is 0. The van der Waals surface area contributed by atoms with Crippen LogP contribution in [0.1, 0.15) is 17.2 Å². The van der Waals surface area contributed by atoms with Gasteiger partial charge in [0, 0.05) is 0 Å². The van der Waals surface area contributed by atoms with Gasteiger partial charge in [0.1, 0.15) is 6.54 Å². The third-order valence-corrected chi connectivity index (χ3v) is 4.70. The van der Waals surface area contributed by atoms with Crippen molar-refractivity contribution >= 4 is 17.0 Å². The molecule has 0 aliphatic carbocycles. The molecule has 0 spiro atoms. The van der Waals surface area contributed by atoms with Gasteiger partial charge >= 0.3 is 5.76 Å². The summed E-state index contributed by atoms with van der Waals surface area (Å²) in [6.45, 7) is -0.0893. The topological polar surface area (TPSA) is 64.2 Å². The van der Waals surface area contributed by atoms with Gasteiger partial charge in [-0.1, -0.05) is 72.8 Å². The molecule has 0 saturated heterocycles. The van der Waals surface area contributed by atoms with Crippen LogP contribution in [0.3, 0.4) is 0 Å². The smallest absolute Gasteiger partial charge is 0.408 e. The fourth-order valence-electron chi connectivity index (χ4n) is 3.33. The molecule has 0 radical (unpaired) electrons. The number of hydrogen-bond donors (Lipinski definition) is 1. The highest BCUT2D eigenvalue weighted by Gasteiger charge is 2.18. The van der Waals surface area contributed by atoms with Gasteiger partial charge in [0.05, 0.1) is 11.6 Å². The number of benzene rings is 3. The number of aromatic nitrogens is 1. The van der Waals surface area contributed by atoms with Crippen molar-refractivity contribution in [2.45, 2.75) is 19.0 Å². The lowest BCUT2D eigenvalue weighted by atomic mass is 9.99. The molecule has 1 N–H and O–H groups in total. The molecule has 0 unspecified atom stereocenters. The average molecular weight is 372 g/mol. The summed E-state index contributed by atoms with van der Waals surface area (Å²) in [5.41, 5.74) is 3.23. The highest BCUT2D eigenvalue weighted by Crippen LogP contribution is 2.19. The molecule has 4 rings (SSSR count). The number of rotatable bonds is 6. The van der Waals surface area contributed by atoms with Crippen LogP contribution >= 0.6 is 0 Å². The summed E-state index contributed by atoms with van der Waals surface area (Å²) in [6.07, 6.45) is 0.664. The first kappa shape index (κ1) is 17.8. The minimum atomic E-state index is -0.532. The summed E-state index contributed by atoms with van der Waals surface area (Å²) in [5.74, 6) is -0.769. The van der Waals surface area contributed by atoms with E-state index in [1.54, 1.807) is 18.2 Å². The molecule has 1 amide bonds. The Bertz CT molecular complexity index is 1130. The highest BCUT2D eigenvalue weighted by atomic mass is 16.4. The minimum absolute atomic E-state index is 0.0893. The number of fused-ring (bicyclic) bond motifs is 1. The Labute approximate surface area is 162 Å². The fraction of sp³-hybridized carbons (Fsp3) is 0.130. The largest absolute Gasteiger partial charge is 0.420 e. The Kier molecular flexibility index (Phi) is 5.06. The number of para-hydroxylation sites is 2. The van der Waals surface area contributed by atoms with Gasteiger partial charge in [-0.2, -0.15) is 0 Å². The molecule has 28 heavy (non-hydrogen) atoms. The van der Waals surface area contributed by atoms with Gasteiger partial charge in [-0.25, -0.2) is 4.79 Å². The van der Waals surface area contributed by atoms with Gasteiger partial charge < -0.3 is 9.73 Å². The van der Waals surface area contributed by atoms with E-state index in [9.17, 15) is 9.59 Å². The summed E-state index contributed by atoms with van der Waals surface area (Å²) < 4.78 is 6.57. The van der Waals surface area contributed by atoms with Gasteiger partial charge in [-0.15, -0.1) is 0 Å². The molecule has 0 bridgehead atoms. The number of hydrogen-bond acceptors (Lipinski definition) is 3. The number of amides is 1. The van der Waals surface area contributed by atoms with Crippen molar-refractivity contribution in [1.82, 2.24) is 9.88 Å². The third kappa shape index (κ3) is 3.88. The van der Waals surface area contributed by atoms with Crippen LogP contribution in [0.4, 0.5) is 0 Å². The summed E-state index contributed by atoms with van der Waals surface area (Å²) in [7, 11) is 0. The van der Waals surface area contributed by atoms with Crippen molar-refractivity contribution in [3.05, 3.63) is 107 Å². The van der Waals surface area contributed by atoms with Gasteiger partial charge in [0.2, 0.25) is 5.91 Å². The second-order valence-electron chi connectivity index (χ2n) is 6.64. The first-order valence-electron chi connectivity index (χ1n) is 9.17. The Balaban J connectivity index is 1.56. The first-order chi connectivity index (χ1) is 13.7. The number of nitrogens with one attached hydrogen (secondary N) is 1. The number of oxazole rings is 1. The average Bonchev–Trinajstić information content (AvgIpc) is 3.04. The van der Waals surface area contributed by atoms with Crippen LogP contribution in [-0.2, 0) is 17.8 Å². The van der Waals surface area contributed by atoms with E-state index in [2.05, 4.69) is 5.32 Å². The Hall–Kier alpha value is -3.60. The molecule has 1 aromatic heterocycles. The van der Waals surface area contributed by atoms with Crippen molar-refractivity contribution < 1.29 is 9.21 Å². The minimum Gasteiger partial charge on any atom is -0.408 e. The molecule has 0 saturated carbocycles. The quantitative estimate of drug-likeness (QED) is 0.561. The molecular formula is C23H20N2O3. The van der Waals surface area contributed by atoms with Crippen LogP contribution in [-0.4, -0.2) is 10.5 Å². The van der Waals surface area contributed by atoms with E-state index in [1.807, 2.05) is 66.7 Å². The molecule has 3 aromatic carbocycles. The van der Waals surface area contributed by atoms with Crippen LogP contribution in [0.25, 0.3) is 11.1 Å². The molecule has 4 aromatic rings. The number of carbonyl (C=O) groups is 1. The van der Waals surface area contributed by atoms with Crippen molar-refractivity contribution in [2.75, 3.05) is 0 Å². The maximum Gasteiger partial charge on any atom is 0.420 e. The molecule has 1 heterocycles. The zero-order valence-corrected chi connectivity index (χ0v) is 15.2. The second-order valence-corrected chi connectivity index (χ2v) is 6.64. The monoisotopic (exact) mass is 372 g/mol. The van der Waals surface area contributed by atoms with Crippen LogP contribution in [0.2, 0.25) is 0 Å². The fourth-order valence-corrected chi connectivity index (χ4v) is 3.33. The summed E-state index contributed by atoms with van der Waals surface area (Å²) in [5, 5.41) is 3.07. The van der Waals surface area contributed by atoms with Crippen LogP contribution < -0.4 is 11.1 Å². The molecular weight excluding hydrogens is 352 g/mol. The second kappa shape index (κ2) is 7.96. The Morgan fingerprint density at radius 3 is 2.29 bits per heavy atom. The van der Waals surface area contributed by atoms with E-state index in [1.165, 1.54) is 4.57 Å². The van der Waals surface area contributed by atoms with Crippen LogP contribution in [0.5, 0.6) is 0 Å². The van der Waals surface area contributed by atoms with Gasteiger partial charge in [0.15, 0.2) is 5.58 Å². The maximum absolute atomic E-state index is 12.8. The van der Waals surface area contributed by atoms with Gasteiger partial charge in [-0.3, -0.25) is 9.36 Å². The molecule has 5 heteroatoms. The zero-order valence-electron chi connectivity index (χ0n) is 15.2. The van der Waals surface area contributed by atoms with E-state index in [-0.39, 0.29) is 18.5 Å². The SMILES string of the molecule is O=C(Cn1c(=O)oc2ccccc21)N[C@@H](Cc1ccccc1)c1ccccc1. The maximum atomic E-state index is 12.8. The third-order valence-electron chi connectivity index (χ3n) is 4.70. The Morgan fingerprint density at radius 1 is 0.893 bits per heavy atom. The van der Waals surface area contributed by atoms with E-state index in [4.69, 9.17) is 4.42 Å². The normalized spacial score (nSPS) is 12.0. The number of carbonyl (C=O) groups excluding carboxylic acids is 1. The van der Waals surface area contributed by atoms with E-state index < -0.39 is 5.76 Å². The lowest BCUT2D eigenvalue weighted by Crippen LogP contribution is -2.34. The van der Waals surface area contributed by atoms with Crippen LogP contribution in [0, 0.1) is 0 Å². The predicted molar refractivity (Wildman–Crippen MR) is 108 cm³/mol. The molecule has 0 fully saturated rings. The van der Waals surface area contributed by atoms with E-state index >= 15 is 0 Å². The van der Waals surface area contributed by atoms with Crippen molar-refractivity contribution in [3.8, 4) is 0 Å². The predicted octanol–water partition coefficient (Wildman–Crippen LogP) is 3.69. The molecule has 0 aliphatic heterocycles. The highest BCUT2D eigenvalue weighted by molar-refractivity contribution is 5.79. The van der Waals surface area contributed by atoms with E-state index in [0.29, 0.717) is 17.5 Å². The standard InChI is InChI=1S/C23H20N2O3/c26-22(16-25-20-13-7-8-14-21(20)28-23(25)27)24-19(18-11-5-2-6-12-18)15-17-9-3-1-4-10-17/h1-14,19H,15-16H2,(H,24,26)/t19-/m0/s1. The lowest BCUT2D eigenvalue weighted by molar-refractivity contribution is -0.122. The molecule has 140 valence electrons. The van der Waals surface area contributed by atoms with Crippen molar-refractivity contribution in [3.63, 3.8) is 0 Å².